The van der Waals surface area contributed by atoms with Crippen LogP contribution in [0.3, 0.4) is 0 Å². The van der Waals surface area contributed by atoms with E-state index in [1.165, 1.54) is 0 Å². The van der Waals surface area contributed by atoms with E-state index in [1.54, 1.807) is 21.8 Å². The highest BCUT2D eigenvalue weighted by Crippen LogP contribution is 2.28. The number of benzene rings is 1. The molecule has 0 radical (unpaired) electrons. The Labute approximate surface area is 145 Å². The quantitative estimate of drug-likeness (QED) is 0.899. The molecule has 1 aliphatic heterocycles. The monoisotopic (exact) mass is 346 g/mol. The molecular formula is C17H19ClN4O2. The van der Waals surface area contributed by atoms with Crippen LogP contribution in [0, 0.1) is 0 Å². The predicted octanol–water partition coefficient (Wildman–Crippen LogP) is 1.93. The van der Waals surface area contributed by atoms with Crippen LogP contribution in [0.25, 0.3) is 0 Å². The van der Waals surface area contributed by atoms with Crippen LogP contribution in [0.2, 0.25) is 5.02 Å². The van der Waals surface area contributed by atoms with Gasteiger partial charge in [-0.05, 0) is 24.6 Å². The van der Waals surface area contributed by atoms with Crippen molar-refractivity contribution >= 4 is 29.1 Å². The van der Waals surface area contributed by atoms with Gasteiger partial charge < -0.3 is 10.2 Å². The first-order valence-corrected chi connectivity index (χ1v) is 8.23. The minimum absolute atomic E-state index is 0.0277. The number of amides is 2. The average Bonchev–Trinajstić information content (AvgIpc) is 3.11. The normalized spacial score (nSPS) is 17.3. The maximum Gasteiger partial charge on any atom is 0.229 e. The highest BCUT2D eigenvalue weighted by Gasteiger charge is 2.32. The zero-order valence-electron chi connectivity index (χ0n) is 13.4. The zero-order chi connectivity index (χ0) is 17.1. The summed E-state index contributed by atoms with van der Waals surface area (Å²) in [7, 11) is 1.85. The van der Waals surface area contributed by atoms with E-state index in [0.717, 1.165) is 5.69 Å². The first-order valence-electron chi connectivity index (χ1n) is 7.85. The molecule has 6 nitrogen and oxygen atoms in total. The SMILES string of the molecule is Cn1nccc1CCC(=O)N[C@@H]1CC(=O)N(c2ccccc2Cl)C1. The molecule has 2 amide bonds. The molecule has 0 unspecified atom stereocenters. The Balaban J connectivity index is 1.55. The van der Waals surface area contributed by atoms with Gasteiger partial charge >= 0.3 is 0 Å². The van der Waals surface area contributed by atoms with Crippen LogP contribution in [0.1, 0.15) is 18.5 Å². The van der Waals surface area contributed by atoms with Crippen LogP contribution in [0.5, 0.6) is 0 Å². The topological polar surface area (TPSA) is 67.2 Å². The van der Waals surface area contributed by atoms with Gasteiger partial charge in [-0.3, -0.25) is 14.3 Å². The van der Waals surface area contributed by atoms with E-state index in [2.05, 4.69) is 10.4 Å². The minimum Gasteiger partial charge on any atom is -0.351 e. The summed E-state index contributed by atoms with van der Waals surface area (Å²) in [5, 5.41) is 7.55. The fourth-order valence-corrected chi connectivity index (χ4v) is 3.13. The summed E-state index contributed by atoms with van der Waals surface area (Å²) in [5.41, 5.74) is 1.70. The van der Waals surface area contributed by atoms with Crippen molar-refractivity contribution < 1.29 is 9.59 Å². The molecule has 2 aromatic rings. The third kappa shape index (κ3) is 3.59. The van der Waals surface area contributed by atoms with Gasteiger partial charge in [0.2, 0.25) is 11.8 Å². The smallest absolute Gasteiger partial charge is 0.229 e. The van der Waals surface area contributed by atoms with Crippen molar-refractivity contribution in [1.29, 1.82) is 0 Å². The second-order valence-corrected chi connectivity index (χ2v) is 6.28. The van der Waals surface area contributed by atoms with Crippen molar-refractivity contribution in [3.63, 3.8) is 0 Å². The molecule has 1 aliphatic rings. The van der Waals surface area contributed by atoms with Crippen molar-refractivity contribution in [1.82, 2.24) is 15.1 Å². The number of hydrogen-bond acceptors (Lipinski definition) is 3. The van der Waals surface area contributed by atoms with Gasteiger partial charge in [0.1, 0.15) is 0 Å². The van der Waals surface area contributed by atoms with Gasteiger partial charge in [0.25, 0.3) is 0 Å². The summed E-state index contributed by atoms with van der Waals surface area (Å²) < 4.78 is 1.76. The lowest BCUT2D eigenvalue weighted by Crippen LogP contribution is -2.37. The number of anilines is 1. The number of carbonyl (C=O) groups excluding carboxylic acids is 2. The number of hydrogen-bond donors (Lipinski definition) is 1. The molecule has 3 rings (SSSR count). The number of carbonyl (C=O) groups is 2. The number of aromatic nitrogens is 2. The van der Waals surface area contributed by atoms with E-state index in [1.807, 2.05) is 31.3 Å². The van der Waals surface area contributed by atoms with Gasteiger partial charge in [0.15, 0.2) is 0 Å². The highest BCUT2D eigenvalue weighted by atomic mass is 35.5. The third-order valence-electron chi connectivity index (χ3n) is 4.16. The molecule has 7 heteroatoms. The maximum absolute atomic E-state index is 12.2. The van der Waals surface area contributed by atoms with E-state index < -0.39 is 0 Å². The first-order chi connectivity index (χ1) is 11.5. The minimum atomic E-state index is -0.187. The highest BCUT2D eigenvalue weighted by molar-refractivity contribution is 6.33. The molecule has 1 fully saturated rings. The number of aryl methyl sites for hydroxylation is 2. The molecule has 1 aromatic heterocycles. The molecular weight excluding hydrogens is 328 g/mol. The van der Waals surface area contributed by atoms with E-state index in [-0.39, 0.29) is 17.9 Å². The van der Waals surface area contributed by atoms with Crippen LogP contribution >= 0.6 is 11.6 Å². The molecule has 1 N–H and O–H groups in total. The molecule has 0 spiro atoms. The van der Waals surface area contributed by atoms with Crippen molar-refractivity contribution in [3.8, 4) is 0 Å². The van der Waals surface area contributed by atoms with Crippen molar-refractivity contribution in [2.75, 3.05) is 11.4 Å². The Morgan fingerprint density at radius 3 is 2.88 bits per heavy atom. The lowest BCUT2D eigenvalue weighted by Gasteiger charge is -2.18. The van der Waals surface area contributed by atoms with Crippen LogP contribution in [0.15, 0.2) is 36.5 Å². The zero-order valence-corrected chi connectivity index (χ0v) is 14.2. The van der Waals surface area contributed by atoms with Crippen molar-refractivity contribution in [3.05, 3.63) is 47.2 Å². The Morgan fingerprint density at radius 1 is 1.38 bits per heavy atom. The number of rotatable bonds is 5. The average molecular weight is 347 g/mol. The van der Waals surface area contributed by atoms with Crippen molar-refractivity contribution in [2.24, 2.45) is 7.05 Å². The Morgan fingerprint density at radius 2 is 2.17 bits per heavy atom. The van der Waals surface area contributed by atoms with Crippen LogP contribution < -0.4 is 10.2 Å². The standard InChI is InChI=1S/C17H19ClN4O2/c1-21-13(8-9-19-21)6-7-16(23)20-12-10-17(24)22(11-12)15-5-3-2-4-14(15)18/h2-5,8-9,12H,6-7,10-11H2,1H3,(H,20,23)/t12-/m1/s1. The van der Waals surface area contributed by atoms with Crippen LogP contribution in [-0.2, 0) is 23.1 Å². The van der Waals surface area contributed by atoms with Crippen LogP contribution in [-0.4, -0.2) is 34.2 Å². The molecule has 1 saturated heterocycles. The predicted molar refractivity (Wildman–Crippen MR) is 91.9 cm³/mol. The number of nitrogens with one attached hydrogen (secondary N) is 1. The van der Waals surface area contributed by atoms with E-state index in [0.29, 0.717) is 36.5 Å². The molecule has 2 heterocycles. The number of halogens is 1. The summed E-state index contributed by atoms with van der Waals surface area (Å²) in [4.78, 5) is 26.0. The van der Waals surface area contributed by atoms with Crippen LogP contribution in [0.4, 0.5) is 5.69 Å². The Hall–Kier alpha value is -2.34. The summed E-state index contributed by atoms with van der Waals surface area (Å²) in [6.07, 6.45) is 3.00. The fraction of sp³-hybridized carbons (Fsp3) is 0.353. The van der Waals surface area contributed by atoms with Gasteiger partial charge in [0, 0.05) is 38.3 Å². The lowest BCUT2D eigenvalue weighted by atomic mass is 10.2. The number of nitrogens with zero attached hydrogens (tertiary/aromatic N) is 3. The Kier molecular flexibility index (Phi) is 4.85. The van der Waals surface area contributed by atoms with Gasteiger partial charge in [-0.25, -0.2) is 0 Å². The molecule has 1 atom stereocenters. The number of para-hydroxylation sites is 1. The van der Waals surface area contributed by atoms with Gasteiger partial charge in [0.05, 0.1) is 16.8 Å². The Bertz CT molecular complexity index is 759. The summed E-state index contributed by atoms with van der Waals surface area (Å²) >= 11 is 6.16. The summed E-state index contributed by atoms with van der Waals surface area (Å²) in [6.45, 7) is 0.444. The first kappa shape index (κ1) is 16.5. The molecule has 1 aromatic carbocycles. The second-order valence-electron chi connectivity index (χ2n) is 5.87. The second kappa shape index (κ2) is 7.05. The van der Waals surface area contributed by atoms with Gasteiger partial charge in [-0.15, -0.1) is 0 Å². The molecule has 0 bridgehead atoms. The molecule has 0 saturated carbocycles. The van der Waals surface area contributed by atoms with E-state index in [4.69, 9.17) is 11.6 Å². The van der Waals surface area contributed by atoms with Crippen molar-refractivity contribution in [2.45, 2.75) is 25.3 Å². The van der Waals surface area contributed by atoms with E-state index in [9.17, 15) is 9.59 Å². The van der Waals surface area contributed by atoms with Gasteiger partial charge in [-0.1, -0.05) is 23.7 Å². The maximum atomic E-state index is 12.2. The summed E-state index contributed by atoms with van der Waals surface area (Å²) in [6, 6.07) is 8.94. The fourth-order valence-electron chi connectivity index (χ4n) is 2.90. The van der Waals surface area contributed by atoms with E-state index >= 15 is 0 Å². The lowest BCUT2D eigenvalue weighted by molar-refractivity contribution is -0.121. The summed E-state index contributed by atoms with van der Waals surface area (Å²) in [5.74, 6) is -0.0879. The largest absolute Gasteiger partial charge is 0.351 e. The molecule has 0 aliphatic carbocycles. The molecule has 24 heavy (non-hydrogen) atoms. The molecule has 126 valence electrons. The third-order valence-corrected chi connectivity index (χ3v) is 4.48. The van der Waals surface area contributed by atoms with Gasteiger partial charge in [-0.2, -0.15) is 5.10 Å².